The molecule has 1 aromatic rings. The van der Waals surface area contributed by atoms with Crippen molar-refractivity contribution < 1.29 is 4.79 Å². The highest BCUT2D eigenvalue weighted by molar-refractivity contribution is 9.11. The van der Waals surface area contributed by atoms with Gasteiger partial charge < -0.3 is 4.90 Å². The minimum absolute atomic E-state index is 0.0502. The molecule has 0 fully saturated rings. The van der Waals surface area contributed by atoms with Gasteiger partial charge in [-0.25, -0.2) is 0 Å². The van der Waals surface area contributed by atoms with E-state index in [0.717, 1.165) is 15.8 Å². The summed E-state index contributed by atoms with van der Waals surface area (Å²) in [6.07, 6.45) is 0.815. The molecule has 1 atom stereocenters. The lowest BCUT2D eigenvalue weighted by Crippen LogP contribution is -2.28. The van der Waals surface area contributed by atoms with Crippen molar-refractivity contribution in [2.45, 2.75) is 18.7 Å². The van der Waals surface area contributed by atoms with Gasteiger partial charge in [0.05, 0.1) is 9.35 Å². The summed E-state index contributed by atoms with van der Waals surface area (Å²) in [4.78, 5) is 13.5. The number of carbonyl (C=O) groups excluding carboxylic acids is 1. The van der Waals surface area contributed by atoms with E-state index < -0.39 is 0 Å². The first-order chi connectivity index (χ1) is 7.00. The van der Waals surface area contributed by atoms with Crippen LogP contribution in [0.3, 0.4) is 0 Å². The van der Waals surface area contributed by atoms with Crippen molar-refractivity contribution in [2.75, 3.05) is 13.6 Å². The predicted octanol–water partition coefficient (Wildman–Crippen LogP) is 3.60. The van der Waals surface area contributed by atoms with E-state index in [1.54, 1.807) is 11.9 Å². The van der Waals surface area contributed by atoms with E-state index in [1.807, 2.05) is 18.4 Å². The summed E-state index contributed by atoms with van der Waals surface area (Å²) >= 11 is 10.7. The molecule has 84 valence electrons. The summed E-state index contributed by atoms with van der Waals surface area (Å²) in [6.45, 7) is 2.62. The van der Waals surface area contributed by atoms with Crippen molar-refractivity contribution in [2.24, 2.45) is 0 Å². The molecule has 0 spiro atoms. The Morgan fingerprint density at radius 2 is 2.40 bits per heavy atom. The largest absolute Gasteiger partial charge is 0.342 e. The lowest BCUT2D eigenvalue weighted by Gasteiger charge is -2.16. The molecule has 0 aliphatic carbocycles. The number of hydrogen-bond donors (Lipinski definition) is 0. The van der Waals surface area contributed by atoms with Gasteiger partial charge in [0.1, 0.15) is 0 Å². The van der Waals surface area contributed by atoms with Crippen molar-refractivity contribution in [3.8, 4) is 0 Å². The van der Waals surface area contributed by atoms with E-state index in [-0.39, 0.29) is 11.3 Å². The van der Waals surface area contributed by atoms with Crippen molar-refractivity contribution >= 4 is 44.8 Å². The Morgan fingerprint density at radius 1 is 1.73 bits per heavy atom. The smallest absolute Gasteiger partial charge is 0.254 e. The molecule has 0 aromatic carbocycles. The van der Waals surface area contributed by atoms with Crippen molar-refractivity contribution in [3.05, 3.63) is 20.8 Å². The van der Waals surface area contributed by atoms with E-state index in [4.69, 9.17) is 11.6 Å². The lowest BCUT2D eigenvalue weighted by molar-refractivity contribution is 0.0794. The number of halogens is 2. The van der Waals surface area contributed by atoms with Gasteiger partial charge in [-0.2, -0.15) is 0 Å². The van der Waals surface area contributed by atoms with Crippen LogP contribution in [0.4, 0.5) is 0 Å². The summed E-state index contributed by atoms with van der Waals surface area (Å²) in [6, 6.07) is 1.84. The fraction of sp³-hybridized carbons (Fsp3) is 0.500. The quantitative estimate of drug-likeness (QED) is 0.778. The average Bonchev–Trinajstić information content (AvgIpc) is 2.60. The van der Waals surface area contributed by atoms with Crippen LogP contribution >= 0.6 is 38.9 Å². The van der Waals surface area contributed by atoms with Gasteiger partial charge in [-0.05, 0) is 35.3 Å². The second-order valence-electron chi connectivity index (χ2n) is 3.44. The normalized spacial score (nSPS) is 12.5. The molecule has 1 heterocycles. The SMILES string of the molecule is CC(Cl)CCN(C)C(=O)c1csc(Br)c1. The molecule has 0 aliphatic heterocycles. The van der Waals surface area contributed by atoms with Crippen LogP contribution in [0.25, 0.3) is 0 Å². The minimum Gasteiger partial charge on any atom is -0.342 e. The molecule has 2 nitrogen and oxygen atoms in total. The molecule has 1 rings (SSSR count). The number of thiophene rings is 1. The fourth-order valence-corrected chi connectivity index (χ4v) is 2.34. The first-order valence-electron chi connectivity index (χ1n) is 4.64. The number of alkyl halides is 1. The van der Waals surface area contributed by atoms with Crippen LogP contribution in [0.2, 0.25) is 0 Å². The summed E-state index contributed by atoms with van der Waals surface area (Å²) in [5.74, 6) is 0.0502. The van der Waals surface area contributed by atoms with Gasteiger partial charge in [0, 0.05) is 24.3 Å². The molecule has 1 unspecified atom stereocenters. The highest BCUT2D eigenvalue weighted by atomic mass is 79.9. The zero-order valence-corrected chi connectivity index (χ0v) is 11.8. The molecule has 1 amide bonds. The molecule has 0 N–H and O–H groups in total. The molecule has 0 bridgehead atoms. The molecule has 15 heavy (non-hydrogen) atoms. The highest BCUT2D eigenvalue weighted by Crippen LogP contribution is 2.21. The third-order valence-electron chi connectivity index (χ3n) is 2.02. The molecule has 0 saturated heterocycles. The highest BCUT2D eigenvalue weighted by Gasteiger charge is 2.13. The third kappa shape index (κ3) is 4.13. The van der Waals surface area contributed by atoms with E-state index in [2.05, 4.69) is 15.9 Å². The summed E-state index contributed by atoms with van der Waals surface area (Å²) in [5.41, 5.74) is 0.733. The van der Waals surface area contributed by atoms with E-state index >= 15 is 0 Å². The van der Waals surface area contributed by atoms with Gasteiger partial charge in [0.2, 0.25) is 0 Å². The maximum Gasteiger partial charge on any atom is 0.254 e. The monoisotopic (exact) mass is 309 g/mol. The summed E-state index contributed by atoms with van der Waals surface area (Å²) in [7, 11) is 1.80. The molecule has 5 heteroatoms. The maximum absolute atomic E-state index is 11.8. The molecule has 0 saturated carbocycles. The maximum atomic E-state index is 11.8. The topological polar surface area (TPSA) is 20.3 Å². The van der Waals surface area contributed by atoms with Crippen LogP contribution in [0.5, 0.6) is 0 Å². The van der Waals surface area contributed by atoms with Gasteiger partial charge >= 0.3 is 0 Å². The Labute approximate surface area is 107 Å². The Kier molecular flexibility index (Phi) is 5.09. The van der Waals surface area contributed by atoms with Crippen LogP contribution in [0, 0.1) is 0 Å². The number of hydrogen-bond acceptors (Lipinski definition) is 2. The van der Waals surface area contributed by atoms with Crippen LogP contribution in [0.1, 0.15) is 23.7 Å². The van der Waals surface area contributed by atoms with Crippen LogP contribution < -0.4 is 0 Å². The van der Waals surface area contributed by atoms with Gasteiger partial charge in [-0.1, -0.05) is 0 Å². The lowest BCUT2D eigenvalue weighted by atomic mass is 10.2. The second kappa shape index (κ2) is 5.87. The first kappa shape index (κ1) is 13.0. The second-order valence-corrected chi connectivity index (χ2v) is 6.47. The third-order valence-corrected chi connectivity index (χ3v) is 3.75. The fourth-order valence-electron chi connectivity index (χ4n) is 1.12. The van der Waals surface area contributed by atoms with E-state index in [1.165, 1.54) is 11.3 Å². The number of amides is 1. The van der Waals surface area contributed by atoms with Gasteiger partial charge in [0.15, 0.2) is 0 Å². The Hall–Kier alpha value is -0.0600. The van der Waals surface area contributed by atoms with Crippen molar-refractivity contribution in [1.82, 2.24) is 4.90 Å². The van der Waals surface area contributed by atoms with Crippen LogP contribution in [-0.4, -0.2) is 29.8 Å². The molecule has 0 radical (unpaired) electrons. The number of nitrogens with zero attached hydrogens (tertiary/aromatic N) is 1. The van der Waals surface area contributed by atoms with Gasteiger partial charge in [-0.15, -0.1) is 22.9 Å². The molecular formula is C10H13BrClNOS. The first-order valence-corrected chi connectivity index (χ1v) is 6.75. The Morgan fingerprint density at radius 3 is 2.87 bits per heavy atom. The Balaban J connectivity index is 2.53. The van der Waals surface area contributed by atoms with Crippen molar-refractivity contribution in [1.29, 1.82) is 0 Å². The zero-order chi connectivity index (χ0) is 11.4. The van der Waals surface area contributed by atoms with Crippen LogP contribution in [-0.2, 0) is 0 Å². The van der Waals surface area contributed by atoms with Crippen molar-refractivity contribution in [3.63, 3.8) is 0 Å². The van der Waals surface area contributed by atoms with Crippen LogP contribution in [0.15, 0.2) is 15.2 Å². The molecular weight excluding hydrogens is 298 g/mol. The van der Waals surface area contributed by atoms with E-state index in [0.29, 0.717) is 6.54 Å². The predicted molar refractivity (Wildman–Crippen MR) is 68.9 cm³/mol. The molecule has 1 aromatic heterocycles. The average molecular weight is 311 g/mol. The van der Waals surface area contributed by atoms with Gasteiger partial charge in [0.25, 0.3) is 5.91 Å². The Bertz CT molecular complexity index is 340. The number of rotatable bonds is 4. The van der Waals surface area contributed by atoms with Gasteiger partial charge in [-0.3, -0.25) is 4.79 Å². The standard InChI is InChI=1S/C10H13BrClNOS/c1-7(12)3-4-13(2)10(14)8-5-9(11)15-6-8/h5-7H,3-4H2,1-2H3. The minimum atomic E-state index is 0.0502. The summed E-state index contributed by atoms with van der Waals surface area (Å²) < 4.78 is 0.977. The number of carbonyl (C=O) groups is 1. The van der Waals surface area contributed by atoms with E-state index in [9.17, 15) is 4.79 Å². The summed E-state index contributed by atoms with van der Waals surface area (Å²) in [5, 5.41) is 1.96. The zero-order valence-electron chi connectivity index (χ0n) is 8.67. The molecule has 0 aliphatic rings.